The van der Waals surface area contributed by atoms with Crippen LogP contribution < -0.4 is 0 Å². The highest BCUT2D eigenvalue weighted by molar-refractivity contribution is 8.00. The molecule has 0 amide bonds. The summed E-state index contributed by atoms with van der Waals surface area (Å²) in [6.45, 7) is -0.213. The number of carbonyl (C=O) groups is 1. The summed E-state index contributed by atoms with van der Waals surface area (Å²) in [6.07, 6.45) is 0. The van der Waals surface area contributed by atoms with Gasteiger partial charge in [0.1, 0.15) is 6.07 Å². The number of nitriles is 1. The molecule has 0 atom stereocenters. The van der Waals surface area contributed by atoms with Crippen molar-refractivity contribution in [1.29, 1.82) is 5.26 Å². The molecule has 0 aliphatic rings. The van der Waals surface area contributed by atoms with Gasteiger partial charge in [0.05, 0.1) is 5.75 Å². The van der Waals surface area contributed by atoms with Crippen LogP contribution in [-0.2, 0) is 9.53 Å². The van der Waals surface area contributed by atoms with E-state index < -0.39 is 5.97 Å². The Labute approximate surface area is 120 Å². The largest absolute Gasteiger partial charge is 0.450 e. The Kier molecular flexibility index (Phi) is 4.67. The molecule has 96 valence electrons. The van der Waals surface area contributed by atoms with Gasteiger partial charge in [-0.1, -0.05) is 35.9 Å². The van der Waals surface area contributed by atoms with Crippen LogP contribution in [0.2, 0.25) is 5.02 Å². The van der Waals surface area contributed by atoms with Crippen LogP contribution in [-0.4, -0.2) is 18.3 Å². The number of fused-ring (bicyclic) bond motifs is 1. The Morgan fingerprint density at radius 2 is 2.05 bits per heavy atom. The number of halogens is 1. The van der Waals surface area contributed by atoms with E-state index in [-0.39, 0.29) is 12.4 Å². The summed E-state index contributed by atoms with van der Waals surface area (Å²) in [7, 11) is 0. The van der Waals surface area contributed by atoms with Crippen LogP contribution in [0, 0.1) is 11.3 Å². The normalized spacial score (nSPS) is 10.1. The predicted octanol–water partition coefficient (Wildman–Crippen LogP) is 3.65. The van der Waals surface area contributed by atoms with E-state index in [9.17, 15) is 4.79 Å². The zero-order valence-corrected chi connectivity index (χ0v) is 11.5. The lowest BCUT2D eigenvalue weighted by Crippen LogP contribution is -2.07. The molecule has 19 heavy (non-hydrogen) atoms. The molecule has 0 saturated heterocycles. The van der Waals surface area contributed by atoms with E-state index in [2.05, 4.69) is 0 Å². The second-order valence-electron chi connectivity index (χ2n) is 3.70. The van der Waals surface area contributed by atoms with Crippen molar-refractivity contribution >= 4 is 40.1 Å². The fourth-order valence-electron chi connectivity index (χ4n) is 1.67. The minimum absolute atomic E-state index is 0.159. The molecular formula is C14H10ClNO2S. The fourth-order valence-corrected chi connectivity index (χ4v) is 2.92. The lowest BCUT2D eigenvalue weighted by Gasteiger charge is -2.07. The first-order valence-electron chi connectivity index (χ1n) is 5.55. The van der Waals surface area contributed by atoms with Crippen molar-refractivity contribution in [2.75, 3.05) is 12.4 Å². The van der Waals surface area contributed by atoms with Gasteiger partial charge < -0.3 is 4.74 Å². The first-order valence-corrected chi connectivity index (χ1v) is 6.91. The molecule has 0 aliphatic heterocycles. The number of thioether (sulfide) groups is 1. The first kappa shape index (κ1) is 13.7. The van der Waals surface area contributed by atoms with Crippen molar-refractivity contribution in [3.8, 4) is 6.07 Å². The van der Waals surface area contributed by atoms with Crippen molar-refractivity contribution in [1.82, 2.24) is 0 Å². The molecule has 0 radical (unpaired) electrons. The summed E-state index contributed by atoms with van der Waals surface area (Å²) < 4.78 is 4.70. The summed E-state index contributed by atoms with van der Waals surface area (Å²) >= 11 is 7.54. The minimum Gasteiger partial charge on any atom is -0.450 e. The minimum atomic E-state index is -0.407. The maximum absolute atomic E-state index is 11.4. The molecule has 5 heteroatoms. The second kappa shape index (κ2) is 6.46. The van der Waals surface area contributed by atoms with Gasteiger partial charge >= 0.3 is 5.97 Å². The van der Waals surface area contributed by atoms with Crippen molar-refractivity contribution in [2.24, 2.45) is 0 Å². The maximum atomic E-state index is 11.4. The zero-order chi connectivity index (χ0) is 13.7. The van der Waals surface area contributed by atoms with E-state index in [4.69, 9.17) is 21.6 Å². The van der Waals surface area contributed by atoms with Crippen LogP contribution in [0.4, 0.5) is 0 Å². The summed E-state index contributed by atoms with van der Waals surface area (Å²) in [4.78, 5) is 12.3. The Hall–Kier alpha value is -1.70. The number of rotatable bonds is 4. The molecule has 0 heterocycles. The molecule has 0 aliphatic carbocycles. The Morgan fingerprint density at radius 1 is 1.32 bits per heavy atom. The molecule has 3 nitrogen and oxygen atoms in total. The number of benzene rings is 2. The molecule has 0 spiro atoms. The average Bonchev–Trinajstić information content (AvgIpc) is 2.43. The highest BCUT2D eigenvalue weighted by Crippen LogP contribution is 2.33. The Bertz CT molecular complexity index is 646. The number of hydrogen-bond donors (Lipinski definition) is 0. The van der Waals surface area contributed by atoms with Crippen LogP contribution in [0.3, 0.4) is 0 Å². The van der Waals surface area contributed by atoms with E-state index in [1.54, 1.807) is 6.07 Å². The second-order valence-corrected chi connectivity index (χ2v) is 5.13. The van der Waals surface area contributed by atoms with E-state index in [0.29, 0.717) is 5.02 Å². The van der Waals surface area contributed by atoms with Gasteiger partial charge in [0, 0.05) is 15.3 Å². The quantitative estimate of drug-likeness (QED) is 0.637. The molecule has 0 aromatic heterocycles. The molecular weight excluding hydrogens is 282 g/mol. The molecule has 0 bridgehead atoms. The van der Waals surface area contributed by atoms with Crippen molar-refractivity contribution < 1.29 is 9.53 Å². The monoisotopic (exact) mass is 291 g/mol. The van der Waals surface area contributed by atoms with E-state index in [1.165, 1.54) is 11.8 Å². The molecule has 2 aromatic carbocycles. The van der Waals surface area contributed by atoms with Crippen molar-refractivity contribution in [3.05, 3.63) is 41.4 Å². The Balaban J connectivity index is 2.17. The molecule has 0 saturated carbocycles. The topological polar surface area (TPSA) is 50.1 Å². The SMILES string of the molecule is N#CCOC(=O)CSc1cccc2cccc(Cl)c12. The van der Waals surface area contributed by atoms with Gasteiger partial charge in [0.2, 0.25) is 0 Å². The standard InChI is InChI=1S/C14H10ClNO2S/c15-11-5-1-3-10-4-2-6-12(14(10)11)19-9-13(17)18-8-7-16/h1-6H,8-9H2. The van der Waals surface area contributed by atoms with Crippen LogP contribution in [0.15, 0.2) is 41.3 Å². The molecule has 0 N–H and O–H groups in total. The number of ether oxygens (including phenoxy) is 1. The maximum Gasteiger partial charge on any atom is 0.317 e. The molecule has 0 unspecified atom stereocenters. The highest BCUT2D eigenvalue weighted by Gasteiger charge is 2.08. The summed E-state index contributed by atoms with van der Waals surface area (Å²) in [5, 5.41) is 11.0. The lowest BCUT2D eigenvalue weighted by atomic mass is 10.1. The Morgan fingerprint density at radius 3 is 2.79 bits per heavy atom. The molecule has 0 fully saturated rings. The smallest absolute Gasteiger partial charge is 0.317 e. The molecule has 2 rings (SSSR count). The average molecular weight is 292 g/mol. The first-order chi connectivity index (χ1) is 9.22. The number of esters is 1. The van der Waals surface area contributed by atoms with E-state index in [0.717, 1.165) is 15.7 Å². The number of carbonyl (C=O) groups excluding carboxylic acids is 1. The van der Waals surface area contributed by atoms with Crippen molar-refractivity contribution in [3.63, 3.8) is 0 Å². The van der Waals surface area contributed by atoms with Gasteiger partial charge in [-0.25, -0.2) is 0 Å². The van der Waals surface area contributed by atoms with Crippen LogP contribution >= 0.6 is 23.4 Å². The molecule has 2 aromatic rings. The van der Waals surface area contributed by atoms with Crippen molar-refractivity contribution in [2.45, 2.75) is 4.90 Å². The highest BCUT2D eigenvalue weighted by atomic mass is 35.5. The summed E-state index contributed by atoms with van der Waals surface area (Å²) in [5.74, 6) is -0.248. The van der Waals surface area contributed by atoms with Crippen LogP contribution in [0.1, 0.15) is 0 Å². The third-order valence-corrected chi connectivity index (χ3v) is 3.81. The van der Waals surface area contributed by atoms with Crippen LogP contribution in [0.5, 0.6) is 0 Å². The van der Waals surface area contributed by atoms with Crippen LogP contribution in [0.25, 0.3) is 10.8 Å². The third kappa shape index (κ3) is 3.40. The van der Waals surface area contributed by atoms with Gasteiger partial charge in [-0.05, 0) is 17.5 Å². The summed E-state index contributed by atoms with van der Waals surface area (Å²) in [6, 6.07) is 13.2. The fraction of sp³-hybridized carbons (Fsp3) is 0.143. The van der Waals surface area contributed by atoms with Gasteiger partial charge in [-0.15, -0.1) is 11.8 Å². The van der Waals surface area contributed by atoms with E-state index in [1.807, 2.05) is 36.4 Å². The number of nitrogens with zero attached hydrogens (tertiary/aromatic N) is 1. The lowest BCUT2D eigenvalue weighted by molar-refractivity contribution is -0.139. The zero-order valence-electron chi connectivity index (χ0n) is 9.93. The van der Waals surface area contributed by atoms with Gasteiger partial charge in [0.25, 0.3) is 0 Å². The van der Waals surface area contributed by atoms with E-state index >= 15 is 0 Å². The van der Waals surface area contributed by atoms with Gasteiger partial charge in [-0.2, -0.15) is 5.26 Å². The van der Waals surface area contributed by atoms with Gasteiger partial charge in [0.15, 0.2) is 6.61 Å². The third-order valence-electron chi connectivity index (χ3n) is 2.46. The van der Waals surface area contributed by atoms with Gasteiger partial charge in [-0.3, -0.25) is 4.79 Å². The predicted molar refractivity (Wildman–Crippen MR) is 76.3 cm³/mol. The number of hydrogen-bond acceptors (Lipinski definition) is 4. The summed E-state index contributed by atoms with van der Waals surface area (Å²) in [5.41, 5.74) is 0.